The number of carbonyl (C=O) groups excluding carboxylic acids is 2. The number of aromatic nitrogens is 2. The molecule has 0 bridgehead atoms. The molecule has 35 heavy (non-hydrogen) atoms. The Labute approximate surface area is 208 Å². The summed E-state index contributed by atoms with van der Waals surface area (Å²) in [5.74, 6) is 0.981. The number of hydrogen-bond donors (Lipinski definition) is 1. The Kier molecular flexibility index (Phi) is 7.99. The van der Waals surface area contributed by atoms with Crippen LogP contribution in [0, 0.1) is 12.8 Å². The lowest BCUT2D eigenvalue weighted by Crippen LogP contribution is -2.40. The highest BCUT2D eigenvalue weighted by atomic mass is 16.5. The third kappa shape index (κ3) is 6.72. The monoisotopic (exact) mass is 476 g/mol. The van der Waals surface area contributed by atoms with Gasteiger partial charge in [-0.15, -0.1) is 0 Å². The van der Waals surface area contributed by atoms with Gasteiger partial charge in [-0.25, -0.2) is 4.68 Å². The van der Waals surface area contributed by atoms with Crippen molar-refractivity contribution in [2.45, 2.75) is 47.0 Å². The number of hydrogen-bond acceptors (Lipinski definition) is 4. The maximum Gasteiger partial charge on any atom is 0.254 e. The second-order valence-corrected chi connectivity index (χ2v) is 10.3. The standard InChI is InChI=1S/C28H36N4O3/c1-19(2)17-31(27(34)21-10-14-23(35-7)15-11-21)18-26(33)29-25-16-24(28(4,5)6)30-32(25)22-12-8-20(3)9-13-22/h8-16,19H,17-18H2,1-7H3,(H,29,33). The molecule has 0 spiro atoms. The van der Waals surface area contributed by atoms with Gasteiger partial charge in [0.2, 0.25) is 5.91 Å². The first-order valence-electron chi connectivity index (χ1n) is 11.9. The summed E-state index contributed by atoms with van der Waals surface area (Å²) in [6, 6.07) is 16.8. The van der Waals surface area contributed by atoms with Crippen molar-refractivity contribution in [3.05, 3.63) is 71.4 Å². The van der Waals surface area contributed by atoms with E-state index in [2.05, 4.69) is 26.1 Å². The average molecular weight is 477 g/mol. The summed E-state index contributed by atoms with van der Waals surface area (Å²) in [5, 5.41) is 7.76. The SMILES string of the molecule is COc1ccc(C(=O)N(CC(=O)Nc2cc(C(C)(C)C)nn2-c2ccc(C)cc2)CC(C)C)cc1. The lowest BCUT2D eigenvalue weighted by molar-refractivity contribution is -0.117. The summed E-state index contributed by atoms with van der Waals surface area (Å²) in [6.45, 7) is 12.7. The maximum absolute atomic E-state index is 13.2. The van der Waals surface area contributed by atoms with Crippen LogP contribution in [-0.2, 0) is 10.2 Å². The molecule has 0 fully saturated rings. The van der Waals surface area contributed by atoms with E-state index in [-0.39, 0.29) is 29.7 Å². The van der Waals surface area contributed by atoms with Gasteiger partial charge < -0.3 is 15.0 Å². The number of nitrogens with one attached hydrogen (secondary N) is 1. The predicted octanol–water partition coefficient (Wildman–Crippen LogP) is 5.22. The molecule has 7 heteroatoms. The molecule has 2 amide bonds. The van der Waals surface area contributed by atoms with E-state index < -0.39 is 0 Å². The lowest BCUT2D eigenvalue weighted by Gasteiger charge is -2.24. The van der Waals surface area contributed by atoms with Crippen molar-refractivity contribution in [1.29, 1.82) is 0 Å². The van der Waals surface area contributed by atoms with Crippen LogP contribution in [0.4, 0.5) is 5.82 Å². The van der Waals surface area contributed by atoms with Gasteiger partial charge in [0.05, 0.1) is 18.5 Å². The van der Waals surface area contributed by atoms with Crippen molar-refractivity contribution in [1.82, 2.24) is 14.7 Å². The van der Waals surface area contributed by atoms with Gasteiger partial charge >= 0.3 is 0 Å². The fourth-order valence-electron chi connectivity index (χ4n) is 3.65. The van der Waals surface area contributed by atoms with E-state index in [4.69, 9.17) is 9.84 Å². The molecule has 7 nitrogen and oxygen atoms in total. The zero-order chi connectivity index (χ0) is 25.8. The first-order valence-corrected chi connectivity index (χ1v) is 11.9. The third-order valence-electron chi connectivity index (χ3n) is 5.57. The summed E-state index contributed by atoms with van der Waals surface area (Å²) in [5.41, 5.74) is 3.18. The number of rotatable bonds is 8. The maximum atomic E-state index is 13.2. The molecular weight excluding hydrogens is 440 g/mol. The van der Waals surface area contributed by atoms with Crippen molar-refractivity contribution < 1.29 is 14.3 Å². The number of nitrogens with zero attached hydrogens (tertiary/aromatic N) is 3. The quantitative estimate of drug-likeness (QED) is 0.483. The molecule has 0 radical (unpaired) electrons. The van der Waals surface area contributed by atoms with E-state index in [0.717, 1.165) is 16.9 Å². The molecular formula is C28H36N4O3. The number of amides is 2. The van der Waals surface area contributed by atoms with Crippen LogP contribution >= 0.6 is 0 Å². The highest BCUT2D eigenvalue weighted by Gasteiger charge is 2.24. The number of ether oxygens (including phenoxy) is 1. The van der Waals surface area contributed by atoms with Crippen molar-refractivity contribution >= 4 is 17.6 Å². The summed E-state index contributed by atoms with van der Waals surface area (Å²) in [7, 11) is 1.58. The topological polar surface area (TPSA) is 76.5 Å². The summed E-state index contributed by atoms with van der Waals surface area (Å²) in [4.78, 5) is 28.0. The van der Waals surface area contributed by atoms with Gasteiger partial charge in [0.1, 0.15) is 18.1 Å². The number of benzene rings is 2. The normalized spacial score (nSPS) is 11.4. The van der Waals surface area contributed by atoms with Gasteiger partial charge in [0.25, 0.3) is 5.91 Å². The van der Waals surface area contributed by atoms with Crippen LogP contribution in [0.3, 0.4) is 0 Å². The smallest absolute Gasteiger partial charge is 0.254 e. The van der Waals surface area contributed by atoms with Gasteiger partial charge in [0, 0.05) is 23.6 Å². The van der Waals surface area contributed by atoms with Crippen LogP contribution in [0.25, 0.3) is 5.69 Å². The molecule has 0 aliphatic carbocycles. The molecule has 0 aliphatic rings. The first kappa shape index (κ1) is 26.0. The predicted molar refractivity (Wildman–Crippen MR) is 139 cm³/mol. The van der Waals surface area contributed by atoms with Crippen LogP contribution < -0.4 is 10.1 Å². The van der Waals surface area contributed by atoms with Crippen LogP contribution in [-0.4, -0.2) is 46.7 Å². The molecule has 1 aromatic heterocycles. The molecule has 2 aromatic carbocycles. The Morgan fingerprint density at radius 3 is 2.23 bits per heavy atom. The first-order chi connectivity index (χ1) is 16.5. The Hall–Kier alpha value is -3.61. The summed E-state index contributed by atoms with van der Waals surface area (Å²) >= 11 is 0. The summed E-state index contributed by atoms with van der Waals surface area (Å²) in [6.07, 6.45) is 0. The zero-order valence-corrected chi connectivity index (χ0v) is 21.8. The second-order valence-electron chi connectivity index (χ2n) is 10.3. The number of anilines is 1. The second kappa shape index (κ2) is 10.8. The van der Waals surface area contributed by atoms with Gasteiger partial charge in [-0.1, -0.05) is 52.3 Å². The molecule has 3 aromatic rings. The van der Waals surface area contributed by atoms with Crippen molar-refractivity contribution in [2.24, 2.45) is 5.92 Å². The zero-order valence-electron chi connectivity index (χ0n) is 21.8. The van der Waals surface area contributed by atoms with Gasteiger partial charge in [-0.05, 0) is 49.2 Å². The number of aryl methyl sites for hydroxylation is 1. The van der Waals surface area contributed by atoms with Crippen LogP contribution in [0.2, 0.25) is 0 Å². The van der Waals surface area contributed by atoms with E-state index in [1.54, 1.807) is 41.0 Å². The van der Waals surface area contributed by atoms with Gasteiger partial charge in [-0.2, -0.15) is 5.10 Å². The molecule has 3 rings (SSSR count). The minimum absolute atomic E-state index is 0.0625. The van der Waals surface area contributed by atoms with E-state index in [9.17, 15) is 9.59 Å². The molecule has 0 aliphatic heterocycles. The average Bonchev–Trinajstić information content (AvgIpc) is 3.22. The van der Waals surface area contributed by atoms with E-state index >= 15 is 0 Å². The van der Waals surface area contributed by atoms with Gasteiger partial charge in [0.15, 0.2) is 0 Å². The minimum Gasteiger partial charge on any atom is -0.497 e. The third-order valence-corrected chi connectivity index (χ3v) is 5.57. The molecule has 0 unspecified atom stereocenters. The Bertz CT molecular complexity index is 1160. The fraction of sp³-hybridized carbons (Fsp3) is 0.393. The Balaban J connectivity index is 1.85. The Morgan fingerprint density at radius 1 is 1.06 bits per heavy atom. The van der Waals surface area contributed by atoms with Gasteiger partial charge in [-0.3, -0.25) is 9.59 Å². The molecule has 1 N–H and O–H groups in total. The minimum atomic E-state index is -0.277. The highest BCUT2D eigenvalue weighted by molar-refractivity contribution is 5.99. The van der Waals surface area contributed by atoms with E-state index in [0.29, 0.717) is 23.7 Å². The van der Waals surface area contributed by atoms with E-state index in [1.807, 2.05) is 51.1 Å². The number of carbonyl (C=O) groups is 2. The van der Waals surface area contributed by atoms with Crippen LogP contribution in [0.1, 0.15) is 56.2 Å². The van der Waals surface area contributed by atoms with Crippen molar-refractivity contribution in [2.75, 3.05) is 25.5 Å². The summed E-state index contributed by atoms with van der Waals surface area (Å²) < 4.78 is 6.93. The van der Waals surface area contributed by atoms with Crippen LogP contribution in [0.5, 0.6) is 5.75 Å². The number of methoxy groups -OCH3 is 1. The van der Waals surface area contributed by atoms with Crippen LogP contribution in [0.15, 0.2) is 54.6 Å². The molecule has 0 saturated heterocycles. The fourth-order valence-corrected chi connectivity index (χ4v) is 3.65. The molecule has 186 valence electrons. The lowest BCUT2D eigenvalue weighted by atomic mass is 9.92. The van der Waals surface area contributed by atoms with Crippen molar-refractivity contribution in [3.63, 3.8) is 0 Å². The van der Waals surface area contributed by atoms with E-state index in [1.165, 1.54) is 0 Å². The molecule has 0 saturated carbocycles. The molecule has 1 heterocycles. The van der Waals surface area contributed by atoms with Crippen molar-refractivity contribution in [3.8, 4) is 11.4 Å². The Morgan fingerprint density at radius 2 is 1.69 bits per heavy atom. The highest BCUT2D eigenvalue weighted by Crippen LogP contribution is 2.26. The largest absolute Gasteiger partial charge is 0.497 e. The molecule has 0 atom stereocenters.